The van der Waals surface area contributed by atoms with Crippen molar-refractivity contribution in [1.29, 1.82) is 0 Å². The van der Waals surface area contributed by atoms with Crippen molar-refractivity contribution in [3.63, 3.8) is 0 Å². The van der Waals surface area contributed by atoms with E-state index in [1.807, 2.05) is 6.08 Å². The Hall–Kier alpha value is -1.99. The molecule has 3 saturated heterocycles. The van der Waals surface area contributed by atoms with Crippen LogP contribution >= 0.6 is 0 Å². The Morgan fingerprint density at radius 2 is 0.877 bits per heavy atom. The van der Waals surface area contributed by atoms with Gasteiger partial charge in [-0.3, -0.25) is 4.79 Å². The van der Waals surface area contributed by atoms with Crippen LogP contribution in [0, 0.1) is 0 Å². The number of aliphatic hydroxyl groups excluding tert-OH is 11. The molecule has 3 aliphatic rings. The lowest BCUT2D eigenvalue weighted by Gasteiger charge is -2.48. The van der Waals surface area contributed by atoms with Crippen LogP contribution in [0.4, 0.5) is 0 Å². The van der Waals surface area contributed by atoms with Gasteiger partial charge < -0.3 is 89.9 Å². The van der Waals surface area contributed by atoms with Crippen LogP contribution in [0.25, 0.3) is 0 Å². The van der Waals surface area contributed by atoms with Crippen LogP contribution in [0.3, 0.4) is 0 Å². The van der Waals surface area contributed by atoms with Gasteiger partial charge in [-0.15, -0.1) is 0 Å². The second-order valence-electron chi connectivity index (χ2n) is 20.0. The van der Waals surface area contributed by atoms with Crippen molar-refractivity contribution in [3.05, 3.63) is 36.5 Å². The van der Waals surface area contributed by atoms with E-state index < -0.39 is 124 Å². The lowest BCUT2D eigenvalue weighted by Crippen LogP contribution is -2.66. The van der Waals surface area contributed by atoms with Gasteiger partial charge in [0.25, 0.3) is 0 Å². The third kappa shape index (κ3) is 23.7. The van der Waals surface area contributed by atoms with Crippen LogP contribution in [0.1, 0.15) is 168 Å². The number of rotatable bonds is 39. The zero-order chi connectivity index (χ0) is 53.4. The normalized spacial score (nSPS) is 32.0. The Kier molecular flexibility index (Phi) is 34.5. The number of allylic oxidation sites excluding steroid dienone is 5. The molecular weight excluding hydrogens is 951 g/mol. The molecule has 3 heterocycles. The van der Waals surface area contributed by atoms with E-state index in [0.29, 0.717) is 12.8 Å². The Bertz CT molecular complexity index is 1490. The molecule has 0 saturated carbocycles. The van der Waals surface area contributed by atoms with Gasteiger partial charge in [-0.25, -0.2) is 0 Å². The molecule has 3 rings (SSSR count). The van der Waals surface area contributed by atoms with E-state index in [4.69, 9.17) is 28.4 Å². The van der Waals surface area contributed by atoms with Crippen LogP contribution in [-0.4, -0.2) is 193 Å². The summed E-state index contributed by atoms with van der Waals surface area (Å²) in [5.41, 5.74) is 0. The molecule has 17 atom stereocenters. The Balaban J connectivity index is 1.56. The van der Waals surface area contributed by atoms with E-state index in [9.17, 15) is 61.0 Å². The molecule has 73 heavy (non-hydrogen) atoms. The Labute approximate surface area is 434 Å². The molecule has 19 nitrogen and oxygen atoms in total. The molecule has 3 fully saturated rings. The highest BCUT2D eigenvalue weighted by atomic mass is 16.8. The summed E-state index contributed by atoms with van der Waals surface area (Å²) in [6, 6.07) is -0.991. The average molecular weight is 1050 g/mol. The molecule has 1 amide bonds. The molecule has 426 valence electrons. The molecule has 0 aromatic rings. The number of aliphatic hydroxyl groups is 11. The van der Waals surface area contributed by atoms with Crippen molar-refractivity contribution in [2.24, 2.45) is 0 Å². The van der Waals surface area contributed by atoms with Crippen LogP contribution in [0.2, 0.25) is 0 Å². The van der Waals surface area contributed by atoms with Gasteiger partial charge in [0.2, 0.25) is 5.91 Å². The molecule has 17 unspecified atom stereocenters. The molecule has 19 heteroatoms. The van der Waals surface area contributed by atoms with Gasteiger partial charge in [0.1, 0.15) is 73.2 Å². The monoisotopic (exact) mass is 1050 g/mol. The van der Waals surface area contributed by atoms with Crippen molar-refractivity contribution < 1.29 is 89.4 Å². The molecule has 0 bridgehead atoms. The molecule has 0 aromatic carbocycles. The summed E-state index contributed by atoms with van der Waals surface area (Å²) in [5, 5.41) is 120. The second kappa shape index (κ2) is 38.5. The first-order valence-corrected chi connectivity index (χ1v) is 27.7. The van der Waals surface area contributed by atoms with E-state index in [2.05, 4.69) is 43.5 Å². The summed E-state index contributed by atoms with van der Waals surface area (Å²) in [7, 11) is 0. The van der Waals surface area contributed by atoms with Crippen molar-refractivity contribution in [2.45, 2.75) is 272 Å². The van der Waals surface area contributed by atoms with E-state index in [1.165, 1.54) is 89.9 Å². The molecule has 0 spiro atoms. The highest BCUT2D eigenvalue weighted by Crippen LogP contribution is 2.33. The summed E-state index contributed by atoms with van der Waals surface area (Å²) >= 11 is 0. The zero-order valence-electron chi connectivity index (χ0n) is 43.9. The van der Waals surface area contributed by atoms with Crippen molar-refractivity contribution in [3.8, 4) is 0 Å². The molecule has 0 radical (unpaired) electrons. The fraction of sp³-hybridized carbons (Fsp3) is 0.870. The van der Waals surface area contributed by atoms with Gasteiger partial charge >= 0.3 is 0 Å². The topological polar surface area (TPSA) is 307 Å². The first-order valence-electron chi connectivity index (χ1n) is 27.7. The maximum atomic E-state index is 13.2. The Morgan fingerprint density at radius 3 is 1.37 bits per heavy atom. The van der Waals surface area contributed by atoms with E-state index >= 15 is 0 Å². The maximum absolute atomic E-state index is 13.2. The van der Waals surface area contributed by atoms with E-state index in [1.54, 1.807) is 6.08 Å². The molecular formula is C54H97NO18. The lowest BCUT2D eigenvalue weighted by atomic mass is 9.96. The predicted molar refractivity (Wildman–Crippen MR) is 272 cm³/mol. The van der Waals surface area contributed by atoms with Gasteiger partial charge in [0.05, 0.1) is 38.6 Å². The predicted octanol–water partition coefficient (Wildman–Crippen LogP) is 3.37. The fourth-order valence-corrected chi connectivity index (χ4v) is 9.28. The number of unbranched alkanes of at least 4 members (excludes halogenated alkanes) is 19. The molecule has 12 N–H and O–H groups in total. The van der Waals surface area contributed by atoms with Gasteiger partial charge in [0.15, 0.2) is 18.9 Å². The number of amides is 1. The first-order chi connectivity index (χ1) is 35.3. The van der Waals surface area contributed by atoms with Gasteiger partial charge in [-0.1, -0.05) is 153 Å². The standard InChI is InChI=1S/C54H97NO18/c1-3-5-7-9-11-13-15-17-18-20-21-23-25-27-29-31-38(59)37(55-42(60)32-30-28-26-24-22-19-16-14-12-10-8-6-4-2)36-68-52-48(66)45(63)50(40(34-57)70-52)73-54-49(67)46(64)51(41(35-58)71-54)72-53-47(65)44(62)43(61)39(33-56)69-53/h15,17,21,23,29,31,37-41,43-54,56-59,61-67H,3-14,16,18-20,22,24-28,30,32-36H2,1-2H3,(H,55,60)/b17-15+,23-21+,31-29+. The highest BCUT2D eigenvalue weighted by molar-refractivity contribution is 5.76. The number of hydrogen-bond acceptors (Lipinski definition) is 18. The highest BCUT2D eigenvalue weighted by Gasteiger charge is 2.53. The zero-order valence-corrected chi connectivity index (χ0v) is 43.9. The lowest BCUT2D eigenvalue weighted by molar-refractivity contribution is -0.379. The van der Waals surface area contributed by atoms with Crippen molar-refractivity contribution in [2.75, 3.05) is 26.4 Å². The van der Waals surface area contributed by atoms with Crippen LogP contribution in [0.5, 0.6) is 0 Å². The first kappa shape index (κ1) is 65.3. The average Bonchev–Trinajstić information content (AvgIpc) is 3.39. The van der Waals surface area contributed by atoms with Gasteiger partial charge in [-0.05, 0) is 44.9 Å². The number of ether oxygens (including phenoxy) is 6. The minimum absolute atomic E-state index is 0.234. The SMILES string of the molecule is CCCCCCC/C=C/CC/C=C/CC/C=C/C(O)C(COC1OC(CO)C(OC2OC(CO)C(OC3OC(CO)C(O)C(O)C3O)C(O)C2O)C(O)C1O)NC(=O)CCCCCCCCCCCCCCC. The molecule has 0 aromatic heterocycles. The largest absolute Gasteiger partial charge is 0.394 e. The van der Waals surface area contributed by atoms with Crippen molar-refractivity contribution >= 4 is 5.91 Å². The van der Waals surface area contributed by atoms with Crippen molar-refractivity contribution in [1.82, 2.24) is 5.32 Å². The number of hydrogen-bond donors (Lipinski definition) is 12. The number of carbonyl (C=O) groups is 1. The third-order valence-corrected chi connectivity index (χ3v) is 13.9. The van der Waals surface area contributed by atoms with E-state index in [0.717, 1.165) is 44.9 Å². The second-order valence-corrected chi connectivity index (χ2v) is 20.0. The summed E-state index contributed by atoms with van der Waals surface area (Å²) in [6.07, 6.45) is 11.4. The quantitative estimate of drug-likeness (QED) is 0.0310. The molecule has 3 aliphatic heterocycles. The van der Waals surface area contributed by atoms with Gasteiger partial charge in [0, 0.05) is 6.42 Å². The van der Waals surface area contributed by atoms with Crippen LogP contribution in [0.15, 0.2) is 36.5 Å². The third-order valence-electron chi connectivity index (χ3n) is 13.9. The Morgan fingerprint density at radius 1 is 0.479 bits per heavy atom. The summed E-state index contributed by atoms with van der Waals surface area (Å²) in [6.45, 7) is 1.65. The van der Waals surface area contributed by atoms with Crippen LogP contribution < -0.4 is 5.32 Å². The number of nitrogens with one attached hydrogen (secondary N) is 1. The fourth-order valence-electron chi connectivity index (χ4n) is 9.28. The van der Waals surface area contributed by atoms with Crippen LogP contribution in [-0.2, 0) is 33.2 Å². The smallest absolute Gasteiger partial charge is 0.220 e. The van der Waals surface area contributed by atoms with E-state index in [-0.39, 0.29) is 18.9 Å². The summed E-state index contributed by atoms with van der Waals surface area (Å²) < 4.78 is 34.1. The maximum Gasteiger partial charge on any atom is 0.220 e. The number of carbonyl (C=O) groups excluding carboxylic acids is 1. The minimum Gasteiger partial charge on any atom is -0.394 e. The minimum atomic E-state index is -1.98. The molecule has 0 aliphatic carbocycles. The summed E-state index contributed by atoms with van der Waals surface area (Å²) in [5.74, 6) is -0.292. The summed E-state index contributed by atoms with van der Waals surface area (Å²) in [4.78, 5) is 13.2. The van der Waals surface area contributed by atoms with Gasteiger partial charge in [-0.2, -0.15) is 0 Å².